The van der Waals surface area contributed by atoms with Gasteiger partial charge in [0.2, 0.25) is 0 Å². The van der Waals surface area contributed by atoms with Crippen molar-refractivity contribution in [2.75, 3.05) is 19.7 Å². The molecule has 2 N–H and O–H groups in total. The van der Waals surface area contributed by atoms with Gasteiger partial charge in [-0.1, -0.05) is 0 Å². The largest absolute Gasteiger partial charge is 0.351 e. The van der Waals surface area contributed by atoms with Crippen LogP contribution >= 0.6 is 0 Å². The predicted molar refractivity (Wildman–Crippen MR) is 39.6 cm³/mol. The lowest BCUT2D eigenvalue weighted by Crippen LogP contribution is -2.23. The fourth-order valence-corrected chi connectivity index (χ4v) is 1.29. The van der Waals surface area contributed by atoms with E-state index in [4.69, 9.17) is 15.3 Å². The smallest absolute Gasteiger partial charge is 0.135 e. The van der Waals surface area contributed by atoms with E-state index in [9.17, 15) is 0 Å². The van der Waals surface area contributed by atoms with Gasteiger partial charge in [-0.3, -0.25) is 4.84 Å². The summed E-state index contributed by atoms with van der Waals surface area (Å²) in [5.74, 6) is 0. The highest BCUT2D eigenvalue weighted by atomic mass is 16.7. The standard InChI is InChI=1S/C7H14N2O2/c8-7-6(11-7)5-10-9-3-1-2-4-9/h6-7H,1-5,8H2. The minimum Gasteiger partial charge on any atom is -0.351 e. The molecule has 11 heavy (non-hydrogen) atoms. The average molecular weight is 158 g/mol. The fraction of sp³-hybridized carbons (Fsp3) is 1.00. The van der Waals surface area contributed by atoms with Gasteiger partial charge >= 0.3 is 0 Å². The Morgan fingerprint density at radius 1 is 1.45 bits per heavy atom. The summed E-state index contributed by atoms with van der Waals surface area (Å²) in [6, 6.07) is 0. The summed E-state index contributed by atoms with van der Waals surface area (Å²) in [6.07, 6.45) is 2.57. The van der Waals surface area contributed by atoms with Crippen LogP contribution in [0.1, 0.15) is 12.8 Å². The number of nitrogens with zero attached hydrogens (tertiary/aromatic N) is 1. The molecule has 2 aliphatic heterocycles. The van der Waals surface area contributed by atoms with Crippen molar-refractivity contribution in [2.45, 2.75) is 25.2 Å². The maximum Gasteiger partial charge on any atom is 0.135 e. The molecule has 4 nitrogen and oxygen atoms in total. The third kappa shape index (κ3) is 1.90. The number of nitrogens with two attached hydrogens (primary N) is 1. The van der Waals surface area contributed by atoms with Gasteiger partial charge < -0.3 is 10.5 Å². The minimum absolute atomic E-state index is 0.0717. The summed E-state index contributed by atoms with van der Waals surface area (Å²) in [5, 5.41) is 1.99. The van der Waals surface area contributed by atoms with Gasteiger partial charge in [0.25, 0.3) is 0 Å². The molecule has 0 spiro atoms. The molecule has 0 aliphatic carbocycles. The predicted octanol–water partition coefficient (Wildman–Crippen LogP) is -0.303. The normalized spacial score (nSPS) is 37.9. The number of epoxide rings is 1. The van der Waals surface area contributed by atoms with Gasteiger partial charge in [0, 0.05) is 13.1 Å². The molecule has 2 heterocycles. The van der Waals surface area contributed by atoms with Gasteiger partial charge in [-0.05, 0) is 12.8 Å². The van der Waals surface area contributed by atoms with E-state index in [2.05, 4.69) is 0 Å². The molecule has 2 fully saturated rings. The van der Waals surface area contributed by atoms with Crippen LogP contribution in [0.3, 0.4) is 0 Å². The topological polar surface area (TPSA) is 51.0 Å². The second-order valence-electron chi connectivity index (χ2n) is 3.07. The van der Waals surface area contributed by atoms with Gasteiger partial charge in [0.05, 0.1) is 6.61 Å². The second-order valence-corrected chi connectivity index (χ2v) is 3.07. The Morgan fingerprint density at radius 3 is 2.64 bits per heavy atom. The van der Waals surface area contributed by atoms with Crippen LogP contribution in [0.2, 0.25) is 0 Å². The summed E-state index contributed by atoms with van der Waals surface area (Å²) in [4.78, 5) is 5.43. The van der Waals surface area contributed by atoms with Crippen molar-refractivity contribution >= 4 is 0 Å². The molecule has 2 atom stereocenters. The molecule has 4 heteroatoms. The Labute approximate surface area is 66.2 Å². The molecule has 0 radical (unpaired) electrons. The van der Waals surface area contributed by atoms with Crippen LogP contribution in [-0.4, -0.2) is 37.1 Å². The van der Waals surface area contributed by atoms with Crippen molar-refractivity contribution < 1.29 is 9.57 Å². The zero-order chi connectivity index (χ0) is 7.68. The third-order valence-electron chi connectivity index (χ3n) is 2.11. The van der Waals surface area contributed by atoms with Crippen molar-refractivity contribution in [2.24, 2.45) is 5.73 Å². The van der Waals surface area contributed by atoms with Crippen LogP contribution in [0.25, 0.3) is 0 Å². The Kier molecular flexibility index (Phi) is 2.09. The van der Waals surface area contributed by atoms with Gasteiger partial charge in [0.15, 0.2) is 0 Å². The van der Waals surface area contributed by atoms with Crippen molar-refractivity contribution in [3.63, 3.8) is 0 Å². The molecular weight excluding hydrogens is 144 g/mol. The maximum atomic E-state index is 5.43. The molecule has 0 saturated carbocycles. The van der Waals surface area contributed by atoms with E-state index >= 15 is 0 Å². The van der Waals surface area contributed by atoms with Crippen LogP contribution in [0.4, 0.5) is 0 Å². The monoisotopic (exact) mass is 158 g/mol. The first kappa shape index (κ1) is 7.49. The van der Waals surface area contributed by atoms with Gasteiger partial charge in [0.1, 0.15) is 12.3 Å². The number of hydrogen-bond donors (Lipinski definition) is 1. The lowest BCUT2D eigenvalue weighted by molar-refractivity contribution is -0.146. The molecule has 2 aliphatic rings. The molecule has 0 bridgehead atoms. The Bertz CT molecular complexity index is 136. The SMILES string of the molecule is NC1OC1CON1CCCC1. The van der Waals surface area contributed by atoms with Crippen molar-refractivity contribution in [3.8, 4) is 0 Å². The van der Waals surface area contributed by atoms with E-state index < -0.39 is 0 Å². The lowest BCUT2D eigenvalue weighted by atomic mass is 10.4. The Hall–Kier alpha value is -0.160. The van der Waals surface area contributed by atoms with Gasteiger partial charge in [-0.2, -0.15) is 5.06 Å². The van der Waals surface area contributed by atoms with Crippen LogP contribution in [0.15, 0.2) is 0 Å². The van der Waals surface area contributed by atoms with E-state index in [1.165, 1.54) is 12.8 Å². The van der Waals surface area contributed by atoms with Crippen molar-refractivity contribution in [1.82, 2.24) is 5.06 Å². The number of ether oxygens (including phenoxy) is 1. The van der Waals surface area contributed by atoms with Crippen LogP contribution < -0.4 is 5.73 Å². The van der Waals surface area contributed by atoms with E-state index in [1.54, 1.807) is 0 Å². The second kappa shape index (κ2) is 3.06. The summed E-state index contributed by atoms with van der Waals surface area (Å²) >= 11 is 0. The Morgan fingerprint density at radius 2 is 2.09 bits per heavy atom. The van der Waals surface area contributed by atoms with Crippen LogP contribution in [0.5, 0.6) is 0 Å². The highest BCUT2D eigenvalue weighted by molar-refractivity contribution is 4.78. The molecule has 0 aromatic carbocycles. The molecule has 64 valence electrons. The van der Waals surface area contributed by atoms with Gasteiger partial charge in [-0.25, -0.2) is 0 Å². The highest BCUT2D eigenvalue weighted by Crippen LogP contribution is 2.17. The molecular formula is C7H14N2O2. The quantitative estimate of drug-likeness (QED) is 0.573. The molecule has 2 saturated heterocycles. The third-order valence-corrected chi connectivity index (χ3v) is 2.11. The first-order valence-corrected chi connectivity index (χ1v) is 4.15. The minimum atomic E-state index is -0.0717. The maximum absolute atomic E-state index is 5.43. The summed E-state index contributed by atoms with van der Waals surface area (Å²) in [7, 11) is 0. The zero-order valence-electron chi connectivity index (χ0n) is 6.53. The van der Waals surface area contributed by atoms with Gasteiger partial charge in [-0.15, -0.1) is 0 Å². The molecule has 0 aromatic heterocycles. The average Bonchev–Trinajstić information content (AvgIpc) is 2.55. The summed E-state index contributed by atoms with van der Waals surface area (Å²) in [6.45, 7) is 2.74. The highest BCUT2D eigenvalue weighted by Gasteiger charge is 2.36. The molecule has 0 aromatic rings. The first-order chi connectivity index (χ1) is 5.36. The van der Waals surface area contributed by atoms with Crippen molar-refractivity contribution in [1.29, 1.82) is 0 Å². The number of hydrogen-bond acceptors (Lipinski definition) is 4. The van der Waals surface area contributed by atoms with E-state index in [-0.39, 0.29) is 12.3 Å². The molecule has 2 rings (SSSR count). The molecule has 2 unspecified atom stereocenters. The number of hydroxylamine groups is 2. The summed E-state index contributed by atoms with van der Waals surface area (Å²) < 4.78 is 5.00. The van der Waals surface area contributed by atoms with Crippen LogP contribution in [0, 0.1) is 0 Å². The van der Waals surface area contributed by atoms with E-state index in [1.807, 2.05) is 5.06 Å². The fourth-order valence-electron chi connectivity index (χ4n) is 1.29. The first-order valence-electron chi connectivity index (χ1n) is 4.15. The van der Waals surface area contributed by atoms with E-state index in [0.29, 0.717) is 6.61 Å². The summed E-state index contributed by atoms with van der Waals surface area (Å²) in [5.41, 5.74) is 5.43. The number of rotatable bonds is 3. The van der Waals surface area contributed by atoms with E-state index in [0.717, 1.165) is 13.1 Å². The van der Waals surface area contributed by atoms with Crippen LogP contribution in [-0.2, 0) is 9.57 Å². The Balaban J connectivity index is 1.59. The zero-order valence-corrected chi connectivity index (χ0v) is 6.53. The lowest BCUT2D eigenvalue weighted by Gasteiger charge is -2.12. The van der Waals surface area contributed by atoms with Crippen molar-refractivity contribution in [3.05, 3.63) is 0 Å². The molecule has 0 amide bonds.